The number of aliphatic hydroxyl groups excluding tert-OH is 1. The molecule has 3 heterocycles. The molecule has 1 aromatic carbocycles. The number of halogens is 3. The standard InChI is InChI=1S/C28H34F3N3O4/c1-27(2,3)38-26(36)33-12-8-19(9-13-33)20-4-6-24(21(16-20)11-15-35)34-14-10-23(18-34)37-25-7-5-22(17-32-25)28(29,30)31/h4-8,16-17,23,35H,9-15,18H2,1-3H3. The summed E-state index contributed by atoms with van der Waals surface area (Å²) in [5, 5.41) is 9.70. The number of hydrogen-bond donors (Lipinski definition) is 1. The van der Waals surface area contributed by atoms with Crippen molar-refractivity contribution < 1.29 is 32.5 Å². The van der Waals surface area contributed by atoms with Gasteiger partial charge in [0.25, 0.3) is 0 Å². The maximum Gasteiger partial charge on any atom is 0.417 e. The first-order chi connectivity index (χ1) is 17.9. The fourth-order valence-corrected chi connectivity index (χ4v) is 4.67. The lowest BCUT2D eigenvalue weighted by Gasteiger charge is -2.30. The van der Waals surface area contributed by atoms with Crippen molar-refractivity contribution in [2.75, 3.05) is 37.7 Å². The van der Waals surface area contributed by atoms with Gasteiger partial charge in [-0.05, 0) is 68.5 Å². The van der Waals surface area contributed by atoms with Crippen LogP contribution in [0.5, 0.6) is 5.88 Å². The van der Waals surface area contributed by atoms with E-state index in [1.165, 1.54) is 6.07 Å². The van der Waals surface area contributed by atoms with Gasteiger partial charge in [0.1, 0.15) is 11.7 Å². The lowest BCUT2D eigenvalue weighted by Crippen LogP contribution is -2.39. The number of carbonyl (C=O) groups excluding carboxylic acids is 1. The number of aliphatic hydroxyl groups is 1. The van der Waals surface area contributed by atoms with Crippen LogP contribution in [0.1, 0.15) is 50.3 Å². The third-order valence-electron chi connectivity index (χ3n) is 6.53. The molecule has 10 heteroatoms. The summed E-state index contributed by atoms with van der Waals surface area (Å²) in [6.45, 7) is 7.88. The van der Waals surface area contributed by atoms with Crippen LogP contribution in [0.2, 0.25) is 0 Å². The van der Waals surface area contributed by atoms with Gasteiger partial charge in [0.2, 0.25) is 5.88 Å². The van der Waals surface area contributed by atoms with Gasteiger partial charge in [-0.3, -0.25) is 0 Å². The first-order valence-corrected chi connectivity index (χ1v) is 12.8. The number of carbonyl (C=O) groups is 1. The van der Waals surface area contributed by atoms with Crippen LogP contribution in [-0.2, 0) is 17.3 Å². The van der Waals surface area contributed by atoms with Crippen LogP contribution in [0, 0.1) is 0 Å². The molecule has 0 aliphatic carbocycles. The topological polar surface area (TPSA) is 75.1 Å². The maximum absolute atomic E-state index is 12.8. The lowest BCUT2D eigenvalue weighted by atomic mass is 9.96. The number of rotatable bonds is 6. The minimum atomic E-state index is -4.43. The van der Waals surface area contributed by atoms with Crippen LogP contribution in [0.15, 0.2) is 42.6 Å². The van der Waals surface area contributed by atoms with Crippen molar-refractivity contribution in [2.45, 2.75) is 57.9 Å². The van der Waals surface area contributed by atoms with Crippen molar-refractivity contribution >= 4 is 17.4 Å². The molecule has 1 amide bonds. The number of nitrogens with zero attached hydrogens (tertiary/aromatic N) is 3. The monoisotopic (exact) mass is 533 g/mol. The van der Waals surface area contributed by atoms with Gasteiger partial charge < -0.3 is 24.4 Å². The van der Waals surface area contributed by atoms with Crippen molar-refractivity contribution in [3.63, 3.8) is 0 Å². The Morgan fingerprint density at radius 2 is 1.95 bits per heavy atom. The fraction of sp³-hybridized carbons (Fsp3) is 0.500. The minimum Gasteiger partial charge on any atom is -0.472 e. The van der Waals surface area contributed by atoms with E-state index in [4.69, 9.17) is 9.47 Å². The third-order valence-corrected chi connectivity index (χ3v) is 6.53. The molecule has 1 aromatic heterocycles. The molecule has 0 radical (unpaired) electrons. The van der Waals surface area contributed by atoms with Gasteiger partial charge in [-0.2, -0.15) is 13.2 Å². The number of pyridine rings is 1. The van der Waals surface area contributed by atoms with Crippen LogP contribution in [0.3, 0.4) is 0 Å². The summed E-state index contributed by atoms with van der Waals surface area (Å²) >= 11 is 0. The van der Waals surface area contributed by atoms with Crippen molar-refractivity contribution in [1.82, 2.24) is 9.88 Å². The van der Waals surface area contributed by atoms with E-state index >= 15 is 0 Å². The Morgan fingerprint density at radius 1 is 1.16 bits per heavy atom. The predicted octanol–water partition coefficient (Wildman–Crippen LogP) is 5.32. The Hall–Kier alpha value is -3.27. The molecule has 4 rings (SSSR count). The molecule has 2 aliphatic heterocycles. The van der Waals surface area contributed by atoms with Gasteiger partial charge in [-0.15, -0.1) is 0 Å². The minimum absolute atomic E-state index is 0.00512. The second-order valence-electron chi connectivity index (χ2n) is 10.6. The first-order valence-electron chi connectivity index (χ1n) is 12.8. The van der Waals surface area contributed by atoms with Crippen molar-refractivity contribution in [3.05, 3.63) is 59.3 Å². The molecule has 1 atom stereocenters. The molecule has 1 unspecified atom stereocenters. The summed E-state index contributed by atoms with van der Waals surface area (Å²) < 4.78 is 49.7. The summed E-state index contributed by atoms with van der Waals surface area (Å²) in [7, 11) is 0. The molecule has 2 aromatic rings. The van der Waals surface area contributed by atoms with E-state index < -0.39 is 17.3 Å². The van der Waals surface area contributed by atoms with Crippen molar-refractivity contribution in [2.24, 2.45) is 0 Å². The molecule has 7 nitrogen and oxygen atoms in total. The normalized spacial score (nSPS) is 18.4. The Kier molecular flexibility index (Phi) is 8.20. The zero-order chi connectivity index (χ0) is 27.5. The average molecular weight is 534 g/mol. The van der Waals surface area contributed by atoms with Crippen LogP contribution in [-0.4, -0.2) is 65.6 Å². The van der Waals surface area contributed by atoms with Gasteiger partial charge >= 0.3 is 12.3 Å². The van der Waals surface area contributed by atoms with Gasteiger partial charge in [0, 0.05) is 50.6 Å². The number of alkyl halides is 3. The molecule has 0 spiro atoms. The average Bonchev–Trinajstić information content (AvgIpc) is 3.31. The van der Waals surface area contributed by atoms with E-state index in [9.17, 15) is 23.1 Å². The number of benzene rings is 1. The number of hydrogen-bond acceptors (Lipinski definition) is 6. The zero-order valence-corrected chi connectivity index (χ0v) is 21.9. The highest BCUT2D eigenvalue weighted by Crippen LogP contribution is 2.33. The van der Waals surface area contributed by atoms with Crippen LogP contribution < -0.4 is 9.64 Å². The van der Waals surface area contributed by atoms with Crippen LogP contribution in [0.25, 0.3) is 5.57 Å². The molecule has 0 saturated carbocycles. The SMILES string of the molecule is CC(C)(C)OC(=O)N1CC=C(c2ccc(N3CCC(Oc4ccc(C(F)(F)F)cn4)C3)c(CCO)c2)CC1. The van der Waals surface area contributed by atoms with Gasteiger partial charge in [0.15, 0.2) is 0 Å². The molecule has 38 heavy (non-hydrogen) atoms. The number of aromatic nitrogens is 1. The number of anilines is 1. The maximum atomic E-state index is 12.8. The van der Waals surface area contributed by atoms with E-state index in [0.29, 0.717) is 38.9 Å². The quantitative estimate of drug-likeness (QED) is 0.542. The summed E-state index contributed by atoms with van der Waals surface area (Å²) in [4.78, 5) is 20.0. The van der Waals surface area contributed by atoms with E-state index in [1.54, 1.807) is 4.90 Å². The second kappa shape index (κ2) is 11.2. The Balaban J connectivity index is 1.41. The van der Waals surface area contributed by atoms with Crippen LogP contribution in [0.4, 0.5) is 23.7 Å². The molecular formula is C28H34F3N3O4. The molecular weight excluding hydrogens is 499 g/mol. The van der Waals surface area contributed by atoms with E-state index in [1.807, 2.05) is 32.9 Å². The summed E-state index contributed by atoms with van der Waals surface area (Å²) in [5.74, 6) is 0.167. The number of amides is 1. The Morgan fingerprint density at radius 3 is 2.55 bits per heavy atom. The second-order valence-corrected chi connectivity index (χ2v) is 10.6. The highest BCUT2D eigenvalue weighted by atomic mass is 19.4. The van der Waals surface area contributed by atoms with Crippen molar-refractivity contribution in [3.8, 4) is 5.88 Å². The molecule has 206 valence electrons. The summed E-state index contributed by atoms with van der Waals surface area (Å²) in [6.07, 6.45) is -0.235. The molecule has 1 N–H and O–H groups in total. The largest absolute Gasteiger partial charge is 0.472 e. The lowest BCUT2D eigenvalue weighted by molar-refractivity contribution is -0.137. The van der Waals surface area contributed by atoms with Crippen LogP contribution >= 0.6 is 0 Å². The highest BCUT2D eigenvalue weighted by Gasteiger charge is 2.31. The number of ether oxygens (including phenoxy) is 2. The summed E-state index contributed by atoms with van der Waals surface area (Å²) in [5.41, 5.74) is 2.87. The Labute approximate surface area is 220 Å². The molecule has 2 aliphatic rings. The van der Waals surface area contributed by atoms with Gasteiger partial charge in [0.05, 0.1) is 12.1 Å². The molecule has 1 saturated heterocycles. The third kappa shape index (κ3) is 6.98. The highest BCUT2D eigenvalue weighted by molar-refractivity contribution is 5.74. The Bertz CT molecular complexity index is 1160. The van der Waals surface area contributed by atoms with Crippen molar-refractivity contribution in [1.29, 1.82) is 0 Å². The first kappa shape index (κ1) is 27.8. The molecule has 0 bridgehead atoms. The van der Waals surface area contributed by atoms with Gasteiger partial charge in [-0.1, -0.05) is 12.1 Å². The van der Waals surface area contributed by atoms with Gasteiger partial charge in [-0.25, -0.2) is 9.78 Å². The van der Waals surface area contributed by atoms with E-state index in [-0.39, 0.29) is 24.7 Å². The smallest absolute Gasteiger partial charge is 0.417 e. The van der Waals surface area contributed by atoms with E-state index in [0.717, 1.165) is 41.2 Å². The fourth-order valence-electron chi connectivity index (χ4n) is 4.67. The predicted molar refractivity (Wildman–Crippen MR) is 138 cm³/mol. The summed E-state index contributed by atoms with van der Waals surface area (Å²) in [6, 6.07) is 8.40. The molecule has 1 fully saturated rings. The van der Waals surface area contributed by atoms with E-state index in [2.05, 4.69) is 22.0 Å². The zero-order valence-electron chi connectivity index (χ0n) is 21.9.